The van der Waals surface area contributed by atoms with E-state index in [-0.39, 0.29) is 11.4 Å². The predicted octanol–water partition coefficient (Wildman–Crippen LogP) is 4.03. The van der Waals surface area contributed by atoms with Gasteiger partial charge in [0.1, 0.15) is 0 Å². The van der Waals surface area contributed by atoms with Crippen molar-refractivity contribution in [1.29, 1.82) is 0 Å². The zero-order chi connectivity index (χ0) is 16.4. The fourth-order valence-electron chi connectivity index (χ4n) is 2.34. The van der Waals surface area contributed by atoms with Crippen molar-refractivity contribution in [2.45, 2.75) is 0 Å². The zero-order valence-electron chi connectivity index (χ0n) is 12.1. The summed E-state index contributed by atoms with van der Waals surface area (Å²) in [6, 6.07) is 9.07. The van der Waals surface area contributed by atoms with Crippen LogP contribution in [0, 0.1) is 15.9 Å². The molecular weight excluding hydrogens is 301 g/mol. The lowest BCUT2D eigenvalue weighted by Gasteiger charge is -2.11. The quantitative estimate of drug-likeness (QED) is 0.581. The minimum absolute atomic E-state index is 0.0182. The van der Waals surface area contributed by atoms with Crippen LogP contribution in [0.1, 0.15) is 0 Å². The lowest BCUT2D eigenvalue weighted by molar-refractivity contribution is -0.383. The summed E-state index contributed by atoms with van der Waals surface area (Å²) in [5.74, 6) is -0.348. The predicted molar refractivity (Wildman–Crippen MR) is 84.6 cm³/mol. The molecule has 0 saturated heterocycles. The van der Waals surface area contributed by atoms with E-state index in [0.717, 1.165) is 0 Å². The fraction of sp³-hybridized carbons (Fsp3) is 0.0625. The summed E-state index contributed by atoms with van der Waals surface area (Å²) < 4.78 is 18.4. The van der Waals surface area contributed by atoms with Gasteiger partial charge >= 0.3 is 0 Å². The third-order valence-electron chi connectivity index (χ3n) is 3.42. The molecule has 1 N–H and O–H groups in total. The van der Waals surface area contributed by atoms with E-state index in [2.05, 4.69) is 10.3 Å². The van der Waals surface area contributed by atoms with E-state index >= 15 is 0 Å². The minimum atomic E-state index is -0.462. The number of nitrogens with zero attached hydrogens (tertiary/aromatic N) is 2. The molecule has 0 saturated carbocycles. The molecule has 7 heteroatoms. The van der Waals surface area contributed by atoms with Crippen molar-refractivity contribution in [1.82, 2.24) is 4.98 Å². The van der Waals surface area contributed by atoms with Crippen molar-refractivity contribution < 1.29 is 14.1 Å². The fourth-order valence-corrected chi connectivity index (χ4v) is 2.34. The molecule has 0 amide bonds. The Labute approximate surface area is 130 Å². The largest absolute Gasteiger partial charge is 0.494 e. The molecule has 116 valence electrons. The van der Waals surface area contributed by atoms with Crippen LogP contribution in [0.2, 0.25) is 0 Å². The van der Waals surface area contributed by atoms with E-state index in [9.17, 15) is 14.5 Å². The van der Waals surface area contributed by atoms with Crippen molar-refractivity contribution in [3.8, 4) is 5.75 Å². The zero-order valence-corrected chi connectivity index (χ0v) is 12.1. The number of benzene rings is 2. The van der Waals surface area contributed by atoms with Crippen LogP contribution in [0.25, 0.3) is 10.8 Å². The summed E-state index contributed by atoms with van der Waals surface area (Å²) in [4.78, 5) is 14.6. The number of ether oxygens (including phenoxy) is 1. The van der Waals surface area contributed by atoms with Gasteiger partial charge in [0.05, 0.1) is 17.4 Å². The maximum atomic E-state index is 13.5. The maximum absolute atomic E-state index is 13.5. The number of aromatic nitrogens is 1. The van der Waals surface area contributed by atoms with E-state index in [1.165, 1.54) is 31.5 Å². The van der Waals surface area contributed by atoms with Crippen LogP contribution in [0.3, 0.4) is 0 Å². The van der Waals surface area contributed by atoms with Gasteiger partial charge in [0.25, 0.3) is 5.69 Å². The van der Waals surface area contributed by atoms with Gasteiger partial charge in [-0.25, -0.2) is 4.39 Å². The van der Waals surface area contributed by atoms with Crippen LogP contribution in [-0.4, -0.2) is 17.0 Å². The van der Waals surface area contributed by atoms with Crippen molar-refractivity contribution in [3.05, 3.63) is 64.7 Å². The second kappa shape index (κ2) is 5.88. The monoisotopic (exact) mass is 313 g/mol. The average molecular weight is 313 g/mol. The number of nitro groups is 1. The number of hydrogen-bond acceptors (Lipinski definition) is 5. The molecule has 0 atom stereocenters. The van der Waals surface area contributed by atoms with Crippen molar-refractivity contribution in [3.63, 3.8) is 0 Å². The number of fused-ring (bicyclic) bond motifs is 1. The van der Waals surface area contributed by atoms with Gasteiger partial charge in [0.2, 0.25) is 0 Å². The van der Waals surface area contributed by atoms with Gasteiger partial charge < -0.3 is 10.1 Å². The number of anilines is 2. The van der Waals surface area contributed by atoms with Crippen molar-refractivity contribution in [2.75, 3.05) is 12.4 Å². The molecule has 2 aromatic carbocycles. The topological polar surface area (TPSA) is 77.3 Å². The Kier molecular flexibility index (Phi) is 3.76. The molecule has 1 aromatic heterocycles. The first-order valence-electron chi connectivity index (χ1n) is 6.72. The van der Waals surface area contributed by atoms with Crippen LogP contribution in [0.5, 0.6) is 5.75 Å². The van der Waals surface area contributed by atoms with Crippen LogP contribution in [0.15, 0.2) is 48.8 Å². The van der Waals surface area contributed by atoms with Gasteiger partial charge in [0.15, 0.2) is 11.6 Å². The van der Waals surface area contributed by atoms with E-state index in [1.807, 2.05) is 0 Å². The van der Waals surface area contributed by atoms with Gasteiger partial charge in [-0.15, -0.1) is 0 Å². The molecular formula is C16H12FN3O3. The first-order chi connectivity index (χ1) is 11.1. The molecule has 1 heterocycles. The molecule has 0 fully saturated rings. The smallest absolute Gasteiger partial charge is 0.278 e. The maximum Gasteiger partial charge on any atom is 0.278 e. The Morgan fingerprint density at radius 2 is 2.04 bits per heavy atom. The average Bonchev–Trinajstić information content (AvgIpc) is 2.56. The lowest BCUT2D eigenvalue weighted by atomic mass is 10.1. The van der Waals surface area contributed by atoms with Crippen molar-refractivity contribution >= 4 is 27.8 Å². The summed E-state index contributed by atoms with van der Waals surface area (Å²) in [7, 11) is 1.38. The molecule has 3 rings (SSSR count). The number of hydrogen-bond donors (Lipinski definition) is 1. The highest BCUT2D eigenvalue weighted by Gasteiger charge is 2.14. The SMILES string of the molecule is COc1cc(Nc2ccc([N+](=O)[O-])c3cnccc23)ccc1F. The third kappa shape index (κ3) is 2.76. The Balaban J connectivity index is 2.07. The van der Waals surface area contributed by atoms with Gasteiger partial charge in [0, 0.05) is 41.3 Å². The summed E-state index contributed by atoms with van der Waals surface area (Å²) in [5.41, 5.74) is 1.24. The van der Waals surface area contributed by atoms with Gasteiger partial charge in [-0.05, 0) is 24.3 Å². The molecule has 0 aliphatic rings. The molecule has 23 heavy (non-hydrogen) atoms. The summed E-state index contributed by atoms with van der Waals surface area (Å²) in [5, 5.41) is 15.3. The summed E-state index contributed by atoms with van der Waals surface area (Å²) in [6.45, 7) is 0. The highest BCUT2D eigenvalue weighted by molar-refractivity contribution is 6.00. The number of non-ortho nitro benzene ring substituents is 1. The Bertz CT molecular complexity index is 899. The number of methoxy groups -OCH3 is 1. The normalized spacial score (nSPS) is 10.5. The van der Waals surface area contributed by atoms with Gasteiger partial charge in [-0.3, -0.25) is 15.1 Å². The number of nitrogens with one attached hydrogen (secondary N) is 1. The first-order valence-corrected chi connectivity index (χ1v) is 6.72. The van der Waals surface area contributed by atoms with Crippen molar-refractivity contribution in [2.24, 2.45) is 0 Å². The van der Waals surface area contributed by atoms with E-state index in [0.29, 0.717) is 22.1 Å². The number of pyridine rings is 1. The van der Waals surface area contributed by atoms with E-state index < -0.39 is 10.7 Å². The van der Waals surface area contributed by atoms with E-state index in [1.54, 1.807) is 24.4 Å². The summed E-state index contributed by atoms with van der Waals surface area (Å²) >= 11 is 0. The number of rotatable bonds is 4. The molecule has 0 aliphatic heterocycles. The minimum Gasteiger partial charge on any atom is -0.494 e. The highest BCUT2D eigenvalue weighted by Crippen LogP contribution is 2.33. The van der Waals surface area contributed by atoms with Gasteiger partial charge in [-0.2, -0.15) is 0 Å². The van der Waals surface area contributed by atoms with E-state index in [4.69, 9.17) is 4.74 Å². The van der Waals surface area contributed by atoms with Gasteiger partial charge in [-0.1, -0.05) is 0 Å². The Morgan fingerprint density at radius 3 is 2.78 bits per heavy atom. The Hall–Kier alpha value is -3.22. The Morgan fingerprint density at radius 1 is 1.22 bits per heavy atom. The van der Waals surface area contributed by atoms with Crippen LogP contribution >= 0.6 is 0 Å². The standard InChI is InChI=1S/C16H12FN3O3/c1-23-16-8-10(2-3-13(16)17)19-14-4-5-15(20(21)22)12-9-18-7-6-11(12)14/h2-9,19H,1H3. The molecule has 0 bridgehead atoms. The molecule has 0 unspecified atom stereocenters. The molecule has 0 aliphatic carbocycles. The second-order valence-corrected chi connectivity index (χ2v) is 4.78. The third-order valence-corrected chi connectivity index (χ3v) is 3.42. The lowest BCUT2D eigenvalue weighted by Crippen LogP contribution is -1.96. The highest BCUT2D eigenvalue weighted by atomic mass is 19.1. The van der Waals surface area contributed by atoms with Crippen LogP contribution in [-0.2, 0) is 0 Å². The second-order valence-electron chi connectivity index (χ2n) is 4.78. The van der Waals surface area contributed by atoms with Crippen LogP contribution < -0.4 is 10.1 Å². The van der Waals surface area contributed by atoms with Crippen LogP contribution in [0.4, 0.5) is 21.5 Å². The molecule has 3 aromatic rings. The molecule has 0 radical (unpaired) electrons. The number of halogens is 1. The number of nitro benzene ring substituents is 1. The summed E-state index contributed by atoms with van der Waals surface area (Å²) in [6.07, 6.45) is 3.01. The first kappa shape index (κ1) is 14.7. The molecule has 0 spiro atoms. The molecule has 6 nitrogen and oxygen atoms in total.